The zero-order valence-electron chi connectivity index (χ0n) is 11.9. The predicted octanol–water partition coefficient (Wildman–Crippen LogP) is 1.79. The second-order valence-electron chi connectivity index (χ2n) is 5.19. The standard InChI is InChI=1S/C15H18N2O3S/c1-11-15(8-14(9-16)20-11)21(18,19)17-7-6-12-4-2-3-5-13(12)10-17/h2-5,8H,6-7,9-10,16H2,1H3. The average molecular weight is 306 g/mol. The SMILES string of the molecule is Cc1oc(CN)cc1S(=O)(=O)N1CCc2ccccc2C1. The summed E-state index contributed by atoms with van der Waals surface area (Å²) >= 11 is 0. The van der Waals surface area contributed by atoms with Gasteiger partial charge in [0, 0.05) is 19.2 Å². The summed E-state index contributed by atoms with van der Waals surface area (Å²) in [5.41, 5.74) is 7.80. The summed E-state index contributed by atoms with van der Waals surface area (Å²) in [6.45, 7) is 2.74. The molecule has 2 heterocycles. The summed E-state index contributed by atoms with van der Waals surface area (Å²) < 4.78 is 32.4. The maximum absolute atomic E-state index is 12.8. The molecule has 0 atom stereocenters. The predicted molar refractivity (Wildman–Crippen MR) is 79.1 cm³/mol. The number of hydrogen-bond acceptors (Lipinski definition) is 4. The topological polar surface area (TPSA) is 76.5 Å². The molecular weight excluding hydrogens is 288 g/mol. The molecule has 5 nitrogen and oxygen atoms in total. The van der Waals surface area contributed by atoms with Crippen molar-refractivity contribution < 1.29 is 12.8 Å². The Hall–Kier alpha value is -1.63. The van der Waals surface area contributed by atoms with Crippen LogP contribution in [0.5, 0.6) is 0 Å². The number of rotatable bonds is 3. The van der Waals surface area contributed by atoms with Gasteiger partial charge in [0.2, 0.25) is 10.0 Å². The first-order valence-electron chi connectivity index (χ1n) is 6.88. The van der Waals surface area contributed by atoms with Crippen molar-refractivity contribution in [2.45, 2.75) is 31.3 Å². The van der Waals surface area contributed by atoms with Gasteiger partial charge in [-0.2, -0.15) is 4.31 Å². The molecular formula is C15H18N2O3S. The average Bonchev–Trinajstić information content (AvgIpc) is 2.88. The van der Waals surface area contributed by atoms with E-state index in [0.29, 0.717) is 24.6 Å². The zero-order chi connectivity index (χ0) is 15.0. The van der Waals surface area contributed by atoms with Crippen LogP contribution in [0.4, 0.5) is 0 Å². The molecule has 1 aromatic carbocycles. The number of fused-ring (bicyclic) bond motifs is 1. The molecule has 112 valence electrons. The molecule has 2 N–H and O–H groups in total. The lowest BCUT2D eigenvalue weighted by Crippen LogP contribution is -2.36. The Kier molecular flexibility index (Phi) is 3.61. The second kappa shape index (κ2) is 5.29. The number of sulfonamides is 1. The third-order valence-electron chi connectivity index (χ3n) is 3.84. The fraction of sp³-hybridized carbons (Fsp3) is 0.333. The molecule has 2 aromatic rings. The van der Waals surface area contributed by atoms with Gasteiger partial charge in [0.1, 0.15) is 16.4 Å². The van der Waals surface area contributed by atoms with E-state index in [-0.39, 0.29) is 11.4 Å². The van der Waals surface area contributed by atoms with Gasteiger partial charge in [-0.25, -0.2) is 8.42 Å². The first-order chi connectivity index (χ1) is 10.0. The van der Waals surface area contributed by atoms with Gasteiger partial charge < -0.3 is 10.2 Å². The summed E-state index contributed by atoms with van der Waals surface area (Å²) in [4.78, 5) is 0.224. The Morgan fingerprint density at radius 1 is 1.29 bits per heavy atom. The normalized spacial score (nSPS) is 15.9. The lowest BCUT2D eigenvalue weighted by molar-refractivity contribution is 0.389. The molecule has 0 saturated carbocycles. The quantitative estimate of drug-likeness (QED) is 0.938. The Bertz CT molecular complexity index is 765. The van der Waals surface area contributed by atoms with Crippen LogP contribution >= 0.6 is 0 Å². The molecule has 0 fully saturated rings. The number of aryl methyl sites for hydroxylation is 1. The van der Waals surface area contributed by atoms with Gasteiger partial charge >= 0.3 is 0 Å². The van der Waals surface area contributed by atoms with E-state index >= 15 is 0 Å². The van der Waals surface area contributed by atoms with Crippen LogP contribution in [0, 0.1) is 6.92 Å². The Morgan fingerprint density at radius 2 is 2.00 bits per heavy atom. The van der Waals surface area contributed by atoms with E-state index < -0.39 is 10.0 Å². The lowest BCUT2D eigenvalue weighted by Gasteiger charge is -2.27. The number of furan rings is 1. The lowest BCUT2D eigenvalue weighted by atomic mass is 10.0. The van der Waals surface area contributed by atoms with Crippen molar-refractivity contribution in [1.29, 1.82) is 0 Å². The Labute approximate surface area is 124 Å². The van der Waals surface area contributed by atoms with Crippen LogP contribution in [0.3, 0.4) is 0 Å². The van der Waals surface area contributed by atoms with E-state index in [1.165, 1.54) is 15.9 Å². The highest BCUT2D eigenvalue weighted by atomic mass is 32.2. The number of nitrogens with zero attached hydrogens (tertiary/aromatic N) is 1. The van der Waals surface area contributed by atoms with Crippen molar-refractivity contribution in [3.63, 3.8) is 0 Å². The van der Waals surface area contributed by atoms with E-state index in [0.717, 1.165) is 12.0 Å². The Morgan fingerprint density at radius 3 is 2.67 bits per heavy atom. The highest BCUT2D eigenvalue weighted by Gasteiger charge is 2.31. The fourth-order valence-electron chi connectivity index (χ4n) is 2.70. The monoisotopic (exact) mass is 306 g/mol. The van der Waals surface area contributed by atoms with E-state index in [1.54, 1.807) is 6.92 Å². The van der Waals surface area contributed by atoms with Crippen molar-refractivity contribution in [2.24, 2.45) is 5.73 Å². The number of benzene rings is 1. The van der Waals surface area contributed by atoms with Crippen LogP contribution < -0.4 is 5.73 Å². The van der Waals surface area contributed by atoms with Gasteiger partial charge in [-0.3, -0.25) is 0 Å². The fourth-order valence-corrected chi connectivity index (χ4v) is 4.30. The van der Waals surface area contributed by atoms with Gasteiger partial charge in [0.15, 0.2) is 0 Å². The van der Waals surface area contributed by atoms with E-state index in [9.17, 15) is 8.42 Å². The van der Waals surface area contributed by atoms with Gasteiger partial charge in [0.25, 0.3) is 0 Å². The number of nitrogens with two attached hydrogens (primary N) is 1. The molecule has 6 heteroatoms. The van der Waals surface area contributed by atoms with Crippen molar-refractivity contribution in [2.75, 3.05) is 6.54 Å². The first-order valence-corrected chi connectivity index (χ1v) is 8.32. The van der Waals surface area contributed by atoms with Crippen LogP contribution in [0.15, 0.2) is 39.6 Å². The second-order valence-corrected chi connectivity index (χ2v) is 7.10. The van der Waals surface area contributed by atoms with Crippen molar-refractivity contribution >= 4 is 10.0 Å². The molecule has 1 aliphatic heterocycles. The molecule has 1 aliphatic rings. The largest absolute Gasteiger partial charge is 0.464 e. The van der Waals surface area contributed by atoms with Gasteiger partial charge in [-0.15, -0.1) is 0 Å². The maximum Gasteiger partial charge on any atom is 0.246 e. The molecule has 0 unspecified atom stereocenters. The number of hydrogen-bond donors (Lipinski definition) is 1. The molecule has 3 rings (SSSR count). The van der Waals surface area contributed by atoms with Crippen molar-refractivity contribution in [3.05, 3.63) is 53.0 Å². The van der Waals surface area contributed by atoms with E-state index in [4.69, 9.17) is 10.2 Å². The third-order valence-corrected chi connectivity index (χ3v) is 5.79. The molecule has 0 saturated heterocycles. The van der Waals surface area contributed by atoms with Crippen LogP contribution in [-0.4, -0.2) is 19.3 Å². The minimum Gasteiger partial charge on any atom is -0.464 e. The van der Waals surface area contributed by atoms with Gasteiger partial charge in [0.05, 0.1) is 6.54 Å². The molecule has 0 spiro atoms. The Balaban J connectivity index is 1.95. The maximum atomic E-state index is 12.8. The van der Waals surface area contributed by atoms with Crippen LogP contribution in [0.25, 0.3) is 0 Å². The molecule has 1 aromatic heterocycles. The minimum atomic E-state index is -3.54. The third kappa shape index (κ3) is 2.50. The summed E-state index contributed by atoms with van der Waals surface area (Å²) in [7, 11) is -3.54. The van der Waals surface area contributed by atoms with Crippen LogP contribution in [0.2, 0.25) is 0 Å². The molecule has 0 bridgehead atoms. The van der Waals surface area contributed by atoms with Gasteiger partial charge in [-0.05, 0) is 24.5 Å². The van der Waals surface area contributed by atoms with E-state index in [1.807, 2.05) is 18.2 Å². The smallest absolute Gasteiger partial charge is 0.246 e. The van der Waals surface area contributed by atoms with Crippen LogP contribution in [-0.2, 0) is 29.5 Å². The van der Waals surface area contributed by atoms with Crippen molar-refractivity contribution in [1.82, 2.24) is 4.31 Å². The molecule has 21 heavy (non-hydrogen) atoms. The zero-order valence-corrected chi connectivity index (χ0v) is 12.7. The summed E-state index contributed by atoms with van der Waals surface area (Å²) in [5, 5.41) is 0. The molecule has 0 radical (unpaired) electrons. The highest BCUT2D eigenvalue weighted by Crippen LogP contribution is 2.28. The van der Waals surface area contributed by atoms with E-state index in [2.05, 4.69) is 6.07 Å². The first kappa shape index (κ1) is 14.3. The minimum absolute atomic E-state index is 0.194. The highest BCUT2D eigenvalue weighted by molar-refractivity contribution is 7.89. The summed E-state index contributed by atoms with van der Waals surface area (Å²) in [6.07, 6.45) is 0.732. The van der Waals surface area contributed by atoms with Crippen LogP contribution in [0.1, 0.15) is 22.6 Å². The van der Waals surface area contributed by atoms with Crippen molar-refractivity contribution in [3.8, 4) is 0 Å². The molecule has 0 aliphatic carbocycles. The summed E-state index contributed by atoms with van der Waals surface area (Å²) in [5.74, 6) is 0.887. The van der Waals surface area contributed by atoms with Gasteiger partial charge in [-0.1, -0.05) is 24.3 Å². The molecule has 0 amide bonds. The summed E-state index contributed by atoms with van der Waals surface area (Å²) in [6, 6.07) is 9.48.